The summed E-state index contributed by atoms with van der Waals surface area (Å²) in [4.78, 5) is 17.2. The summed E-state index contributed by atoms with van der Waals surface area (Å²) in [6, 6.07) is 7.39. The van der Waals surface area contributed by atoms with Crippen molar-refractivity contribution in [3.05, 3.63) is 46.4 Å². The second-order valence-corrected chi connectivity index (χ2v) is 4.87. The molecular weight excluding hydrogens is 246 g/mol. The van der Waals surface area contributed by atoms with Crippen molar-refractivity contribution < 1.29 is 4.79 Å². The lowest BCUT2D eigenvalue weighted by Crippen LogP contribution is -2.29. The molecule has 0 spiro atoms. The van der Waals surface area contributed by atoms with Crippen LogP contribution in [0.15, 0.2) is 35.8 Å². The van der Waals surface area contributed by atoms with E-state index in [0.717, 1.165) is 11.3 Å². The standard InChI is InChI=1S/C13H15N3OS/c1-2-10(11-6-4-8-18-11)16-13(17)12-9(14)5-3-7-15-12/h3-8,10H,2,14H2,1H3,(H,16,17). The maximum atomic E-state index is 12.1. The number of nitrogens with two attached hydrogens (primary N) is 1. The summed E-state index contributed by atoms with van der Waals surface area (Å²) in [5, 5.41) is 4.95. The smallest absolute Gasteiger partial charge is 0.272 e. The van der Waals surface area contributed by atoms with Gasteiger partial charge in [-0.3, -0.25) is 4.79 Å². The highest BCUT2D eigenvalue weighted by atomic mass is 32.1. The molecule has 0 aromatic carbocycles. The second-order valence-electron chi connectivity index (χ2n) is 3.89. The van der Waals surface area contributed by atoms with Gasteiger partial charge in [0.25, 0.3) is 5.91 Å². The Morgan fingerprint density at radius 1 is 1.50 bits per heavy atom. The Hall–Kier alpha value is -1.88. The molecule has 1 atom stereocenters. The number of hydrogen-bond acceptors (Lipinski definition) is 4. The van der Waals surface area contributed by atoms with Gasteiger partial charge in [-0.25, -0.2) is 4.98 Å². The minimum atomic E-state index is -0.228. The van der Waals surface area contributed by atoms with Crippen molar-refractivity contribution in [2.24, 2.45) is 0 Å². The Kier molecular flexibility index (Phi) is 3.94. The Morgan fingerprint density at radius 3 is 2.94 bits per heavy atom. The van der Waals surface area contributed by atoms with Crippen LogP contribution in [0.5, 0.6) is 0 Å². The molecule has 0 aliphatic rings. The summed E-state index contributed by atoms with van der Waals surface area (Å²) < 4.78 is 0. The van der Waals surface area contributed by atoms with E-state index >= 15 is 0 Å². The zero-order chi connectivity index (χ0) is 13.0. The van der Waals surface area contributed by atoms with Crippen LogP contribution in [0.4, 0.5) is 5.69 Å². The van der Waals surface area contributed by atoms with Crippen molar-refractivity contribution in [2.45, 2.75) is 19.4 Å². The SMILES string of the molecule is CCC(NC(=O)c1ncccc1N)c1cccs1. The van der Waals surface area contributed by atoms with Crippen LogP contribution >= 0.6 is 11.3 Å². The maximum absolute atomic E-state index is 12.1. The highest BCUT2D eigenvalue weighted by molar-refractivity contribution is 7.10. The first-order chi connectivity index (χ1) is 8.72. The van der Waals surface area contributed by atoms with E-state index in [1.165, 1.54) is 0 Å². The molecule has 0 saturated heterocycles. The van der Waals surface area contributed by atoms with E-state index in [0.29, 0.717) is 5.69 Å². The van der Waals surface area contributed by atoms with E-state index in [-0.39, 0.29) is 17.6 Å². The first-order valence-corrected chi connectivity index (χ1v) is 6.65. The monoisotopic (exact) mass is 261 g/mol. The number of nitrogen functional groups attached to an aromatic ring is 1. The van der Waals surface area contributed by atoms with Crippen molar-refractivity contribution in [3.8, 4) is 0 Å². The lowest BCUT2D eigenvalue weighted by molar-refractivity contribution is 0.0932. The normalized spacial score (nSPS) is 12.1. The molecule has 0 radical (unpaired) electrons. The molecular formula is C13H15N3OS. The van der Waals surface area contributed by atoms with Crippen LogP contribution in [0, 0.1) is 0 Å². The van der Waals surface area contributed by atoms with Crippen molar-refractivity contribution in [2.75, 3.05) is 5.73 Å². The predicted octanol–water partition coefficient (Wildman–Crippen LogP) is 2.61. The number of thiophene rings is 1. The highest BCUT2D eigenvalue weighted by Crippen LogP contribution is 2.22. The summed E-state index contributed by atoms with van der Waals surface area (Å²) in [7, 11) is 0. The van der Waals surface area contributed by atoms with Gasteiger partial charge in [-0.2, -0.15) is 0 Å². The first-order valence-electron chi connectivity index (χ1n) is 5.77. The molecule has 2 aromatic heterocycles. The average Bonchev–Trinajstić information content (AvgIpc) is 2.90. The van der Waals surface area contributed by atoms with Crippen molar-refractivity contribution in [1.82, 2.24) is 10.3 Å². The van der Waals surface area contributed by atoms with Crippen LogP contribution in [-0.4, -0.2) is 10.9 Å². The summed E-state index contributed by atoms with van der Waals surface area (Å²) in [5.74, 6) is -0.228. The second kappa shape index (κ2) is 5.64. The number of carbonyl (C=O) groups is 1. The highest BCUT2D eigenvalue weighted by Gasteiger charge is 2.17. The number of pyridine rings is 1. The van der Waals surface area contributed by atoms with Crippen LogP contribution in [0.25, 0.3) is 0 Å². The molecule has 94 valence electrons. The van der Waals surface area contributed by atoms with Crippen molar-refractivity contribution in [3.63, 3.8) is 0 Å². The molecule has 0 aliphatic carbocycles. The summed E-state index contributed by atoms with van der Waals surface area (Å²) >= 11 is 1.63. The molecule has 18 heavy (non-hydrogen) atoms. The number of nitrogens with zero attached hydrogens (tertiary/aromatic N) is 1. The van der Waals surface area contributed by atoms with E-state index < -0.39 is 0 Å². The number of anilines is 1. The van der Waals surface area contributed by atoms with E-state index in [9.17, 15) is 4.79 Å². The topological polar surface area (TPSA) is 68.0 Å². The third-order valence-electron chi connectivity index (χ3n) is 2.65. The number of amides is 1. The fraction of sp³-hybridized carbons (Fsp3) is 0.231. The number of nitrogens with one attached hydrogen (secondary N) is 1. The lowest BCUT2D eigenvalue weighted by atomic mass is 10.1. The predicted molar refractivity (Wildman–Crippen MR) is 73.5 cm³/mol. The lowest BCUT2D eigenvalue weighted by Gasteiger charge is -2.15. The minimum absolute atomic E-state index is 0.0129. The molecule has 0 saturated carbocycles. The molecule has 1 amide bonds. The van der Waals surface area contributed by atoms with E-state index in [1.54, 1.807) is 29.7 Å². The molecule has 2 rings (SSSR count). The third kappa shape index (κ3) is 2.68. The summed E-state index contributed by atoms with van der Waals surface area (Å²) in [6.45, 7) is 2.03. The molecule has 2 heterocycles. The van der Waals surface area contributed by atoms with E-state index in [2.05, 4.69) is 10.3 Å². The van der Waals surface area contributed by atoms with Gasteiger partial charge in [0.15, 0.2) is 5.69 Å². The third-order valence-corrected chi connectivity index (χ3v) is 3.64. The molecule has 0 fully saturated rings. The minimum Gasteiger partial charge on any atom is -0.397 e. The molecule has 0 aliphatic heterocycles. The number of carbonyl (C=O) groups excluding carboxylic acids is 1. The maximum Gasteiger partial charge on any atom is 0.272 e. The van der Waals surface area contributed by atoms with Crippen molar-refractivity contribution >= 4 is 22.9 Å². The van der Waals surface area contributed by atoms with Gasteiger partial charge in [0.2, 0.25) is 0 Å². The van der Waals surface area contributed by atoms with Gasteiger partial charge in [-0.15, -0.1) is 11.3 Å². The Morgan fingerprint density at radius 2 is 2.33 bits per heavy atom. The molecule has 1 unspecified atom stereocenters. The van der Waals surface area contributed by atoms with Gasteiger partial charge in [0, 0.05) is 11.1 Å². The van der Waals surface area contributed by atoms with Gasteiger partial charge < -0.3 is 11.1 Å². The Bertz CT molecular complexity index is 525. The first kappa shape index (κ1) is 12.6. The number of aromatic nitrogens is 1. The largest absolute Gasteiger partial charge is 0.397 e. The van der Waals surface area contributed by atoms with Crippen molar-refractivity contribution in [1.29, 1.82) is 0 Å². The van der Waals surface area contributed by atoms with E-state index in [4.69, 9.17) is 5.73 Å². The molecule has 2 aromatic rings. The van der Waals surface area contributed by atoms with Gasteiger partial charge >= 0.3 is 0 Å². The average molecular weight is 261 g/mol. The molecule has 0 bridgehead atoms. The molecule has 4 nitrogen and oxygen atoms in total. The van der Waals surface area contributed by atoms with Gasteiger partial charge in [-0.1, -0.05) is 13.0 Å². The Balaban J connectivity index is 2.14. The van der Waals surface area contributed by atoms with Gasteiger partial charge in [0.1, 0.15) is 0 Å². The number of rotatable bonds is 4. The van der Waals surface area contributed by atoms with Gasteiger partial charge in [-0.05, 0) is 30.0 Å². The van der Waals surface area contributed by atoms with Gasteiger partial charge in [0.05, 0.1) is 11.7 Å². The van der Waals surface area contributed by atoms with Crippen LogP contribution in [-0.2, 0) is 0 Å². The quantitative estimate of drug-likeness (QED) is 0.889. The summed E-state index contributed by atoms with van der Waals surface area (Å²) in [5.41, 5.74) is 6.42. The van der Waals surface area contributed by atoms with Crippen LogP contribution in [0.3, 0.4) is 0 Å². The van der Waals surface area contributed by atoms with Crippen LogP contribution in [0.2, 0.25) is 0 Å². The fourth-order valence-electron chi connectivity index (χ4n) is 1.70. The number of hydrogen-bond donors (Lipinski definition) is 2. The Labute approximate surface area is 110 Å². The van der Waals surface area contributed by atoms with Crippen LogP contribution < -0.4 is 11.1 Å². The van der Waals surface area contributed by atoms with Crippen LogP contribution in [0.1, 0.15) is 34.8 Å². The fourth-order valence-corrected chi connectivity index (χ4v) is 2.56. The zero-order valence-corrected chi connectivity index (χ0v) is 10.9. The zero-order valence-electron chi connectivity index (χ0n) is 10.1. The van der Waals surface area contributed by atoms with E-state index in [1.807, 2.05) is 24.4 Å². The summed E-state index contributed by atoms with van der Waals surface area (Å²) in [6.07, 6.45) is 2.40. The molecule has 5 heteroatoms. The molecule has 3 N–H and O–H groups in total.